The first-order valence-corrected chi connectivity index (χ1v) is 10.2. The average Bonchev–Trinajstić information content (AvgIpc) is 3.16. The van der Waals surface area contributed by atoms with Gasteiger partial charge in [0.05, 0.1) is 42.3 Å². The highest BCUT2D eigenvalue weighted by molar-refractivity contribution is 5.97. The van der Waals surface area contributed by atoms with E-state index in [-0.39, 0.29) is 11.9 Å². The molecule has 11 heteroatoms. The van der Waals surface area contributed by atoms with Crippen LogP contribution in [-0.4, -0.2) is 61.8 Å². The van der Waals surface area contributed by atoms with Gasteiger partial charge < -0.3 is 19.3 Å². The molecule has 8 nitrogen and oxygen atoms in total. The van der Waals surface area contributed by atoms with Crippen LogP contribution in [0, 0.1) is 0 Å². The fourth-order valence-corrected chi connectivity index (χ4v) is 3.45. The van der Waals surface area contributed by atoms with Crippen molar-refractivity contribution in [3.63, 3.8) is 0 Å². The largest absolute Gasteiger partial charge is 0.490 e. The molecular formula is C22H23F3N4O4. The van der Waals surface area contributed by atoms with E-state index in [2.05, 4.69) is 14.5 Å². The Morgan fingerprint density at radius 2 is 1.97 bits per heavy atom. The van der Waals surface area contributed by atoms with Crippen LogP contribution in [0.3, 0.4) is 0 Å². The first-order chi connectivity index (χ1) is 15.7. The molecule has 4 rings (SSSR count). The van der Waals surface area contributed by atoms with Gasteiger partial charge in [-0.2, -0.15) is 13.2 Å². The van der Waals surface area contributed by atoms with Crippen LogP contribution in [0.5, 0.6) is 0 Å². The molecule has 33 heavy (non-hydrogen) atoms. The number of nitrogens with zero attached hydrogens (tertiary/aromatic N) is 4. The topological polar surface area (TPSA) is 97.5 Å². The van der Waals surface area contributed by atoms with Crippen molar-refractivity contribution >= 4 is 22.8 Å². The zero-order valence-electron chi connectivity index (χ0n) is 17.8. The van der Waals surface area contributed by atoms with Crippen molar-refractivity contribution in [2.24, 2.45) is 0 Å². The number of fused-ring (bicyclic) bond motifs is 2. The van der Waals surface area contributed by atoms with Crippen LogP contribution in [0.25, 0.3) is 10.9 Å². The van der Waals surface area contributed by atoms with Gasteiger partial charge in [-0.15, -0.1) is 0 Å². The third kappa shape index (κ3) is 6.07. The maximum atomic E-state index is 13.3. The van der Waals surface area contributed by atoms with E-state index >= 15 is 0 Å². The number of para-hydroxylation sites is 1. The number of aryl methyl sites for hydroxylation is 1. The van der Waals surface area contributed by atoms with Gasteiger partial charge in [-0.25, -0.2) is 9.78 Å². The quantitative estimate of drug-likeness (QED) is 0.635. The lowest BCUT2D eigenvalue weighted by Gasteiger charge is -2.29. The summed E-state index contributed by atoms with van der Waals surface area (Å²) in [5.41, 5.74) is 2.55. The molecule has 1 atom stereocenters. The van der Waals surface area contributed by atoms with Crippen molar-refractivity contribution < 1.29 is 32.6 Å². The van der Waals surface area contributed by atoms with E-state index < -0.39 is 12.1 Å². The maximum Gasteiger partial charge on any atom is 0.490 e. The molecule has 0 aliphatic carbocycles. The molecule has 1 amide bonds. The molecule has 3 aromatic rings. The number of carboxylic acids is 1. The van der Waals surface area contributed by atoms with Crippen molar-refractivity contribution in [2.45, 2.75) is 38.7 Å². The molecule has 0 spiro atoms. The third-order valence-electron chi connectivity index (χ3n) is 5.13. The molecule has 176 valence electrons. The summed E-state index contributed by atoms with van der Waals surface area (Å²) in [5.74, 6) is -2.77. The molecule has 2 aromatic heterocycles. The number of amides is 1. The standard InChI is InChI=1S/C20H22N4O2.C2HF3O2/c1-2-26-13-17-7-8-23-14-21-11-18(23)12-24(17)20(25)16-9-15-5-3-4-6-19(15)22-10-16;3-2(4,5)1(6)7/h3-6,9-11,14,17H,2,7-8,12-13H2,1H3;(H,6,7). The van der Waals surface area contributed by atoms with Crippen LogP contribution in [0.2, 0.25) is 0 Å². The van der Waals surface area contributed by atoms with Crippen molar-refractivity contribution in [3.05, 3.63) is 60.3 Å². The maximum absolute atomic E-state index is 13.3. The molecule has 1 aliphatic heterocycles. The molecule has 1 unspecified atom stereocenters. The molecule has 1 aliphatic rings. The minimum atomic E-state index is -5.08. The number of hydrogen-bond donors (Lipinski definition) is 1. The minimum Gasteiger partial charge on any atom is -0.475 e. The Morgan fingerprint density at radius 1 is 1.24 bits per heavy atom. The van der Waals surface area contributed by atoms with Gasteiger partial charge >= 0.3 is 12.1 Å². The van der Waals surface area contributed by atoms with Gasteiger partial charge in [-0.05, 0) is 25.5 Å². The summed E-state index contributed by atoms with van der Waals surface area (Å²) in [7, 11) is 0. The Kier molecular flexibility index (Phi) is 7.64. The number of halogens is 3. The minimum absolute atomic E-state index is 0.0115. The summed E-state index contributed by atoms with van der Waals surface area (Å²) in [5, 5.41) is 8.10. The Bertz CT molecular complexity index is 1120. The van der Waals surface area contributed by atoms with E-state index in [0.717, 1.165) is 29.6 Å². The summed E-state index contributed by atoms with van der Waals surface area (Å²) in [6.07, 6.45) is 1.10. The second-order valence-corrected chi connectivity index (χ2v) is 7.33. The van der Waals surface area contributed by atoms with Gasteiger partial charge in [0.15, 0.2) is 0 Å². The highest BCUT2D eigenvalue weighted by Gasteiger charge is 2.38. The highest BCUT2D eigenvalue weighted by atomic mass is 19.4. The number of imidazole rings is 1. The molecule has 3 heterocycles. The third-order valence-corrected chi connectivity index (χ3v) is 5.13. The molecule has 1 aromatic carbocycles. The van der Waals surface area contributed by atoms with Crippen molar-refractivity contribution in [1.82, 2.24) is 19.4 Å². The number of benzene rings is 1. The number of ether oxygens (including phenoxy) is 1. The summed E-state index contributed by atoms with van der Waals surface area (Å²) < 4.78 is 39.5. The normalized spacial score (nSPS) is 15.9. The second kappa shape index (κ2) is 10.4. The van der Waals surface area contributed by atoms with Crippen LogP contribution >= 0.6 is 0 Å². The summed E-state index contributed by atoms with van der Waals surface area (Å²) in [4.78, 5) is 32.8. The number of carbonyl (C=O) groups is 2. The lowest BCUT2D eigenvalue weighted by atomic mass is 10.1. The number of carbonyl (C=O) groups excluding carboxylic acids is 1. The highest BCUT2D eigenvalue weighted by Crippen LogP contribution is 2.22. The van der Waals surface area contributed by atoms with E-state index in [1.54, 1.807) is 6.20 Å². The molecule has 0 bridgehead atoms. The Balaban J connectivity index is 0.000000383. The summed E-state index contributed by atoms with van der Waals surface area (Å²) in [6.45, 7) is 4.53. The van der Waals surface area contributed by atoms with Crippen molar-refractivity contribution in [1.29, 1.82) is 0 Å². The van der Waals surface area contributed by atoms with Crippen LogP contribution < -0.4 is 0 Å². The first kappa shape index (κ1) is 24.2. The fraction of sp³-hybridized carbons (Fsp3) is 0.364. The van der Waals surface area contributed by atoms with E-state index in [4.69, 9.17) is 14.6 Å². The fourth-order valence-electron chi connectivity index (χ4n) is 3.45. The smallest absolute Gasteiger partial charge is 0.475 e. The van der Waals surface area contributed by atoms with E-state index in [9.17, 15) is 18.0 Å². The number of carboxylic acid groups (broad SMARTS) is 1. The number of aliphatic carboxylic acids is 1. The zero-order chi connectivity index (χ0) is 24.0. The number of pyridine rings is 1. The molecular weight excluding hydrogens is 441 g/mol. The Morgan fingerprint density at radius 3 is 2.67 bits per heavy atom. The van der Waals surface area contributed by atoms with E-state index in [0.29, 0.717) is 25.3 Å². The van der Waals surface area contributed by atoms with Gasteiger partial charge in [-0.3, -0.25) is 9.78 Å². The lowest BCUT2D eigenvalue weighted by Crippen LogP contribution is -2.42. The predicted molar refractivity (Wildman–Crippen MR) is 112 cm³/mol. The van der Waals surface area contributed by atoms with E-state index in [1.165, 1.54) is 0 Å². The van der Waals surface area contributed by atoms with Crippen LogP contribution in [0.1, 0.15) is 29.4 Å². The second-order valence-electron chi connectivity index (χ2n) is 7.33. The summed E-state index contributed by atoms with van der Waals surface area (Å²) in [6, 6.07) is 9.80. The number of hydrogen-bond acceptors (Lipinski definition) is 5. The SMILES string of the molecule is CCOCC1CCn2cncc2CN1C(=O)c1cnc2ccccc2c1.O=C(O)C(F)(F)F. The van der Waals surface area contributed by atoms with Crippen LogP contribution in [0.4, 0.5) is 13.2 Å². The van der Waals surface area contributed by atoms with E-state index in [1.807, 2.05) is 54.7 Å². The number of alkyl halides is 3. The molecule has 0 saturated carbocycles. The van der Waals surface area contributed by atoms with Crippen molar-refractivity contribution in [3.8, 4) is 0 Å². The predicted octanol–water partition coefficient (Wildman–Crippen LogP) is 3.52. The first-order valence-electron chi connectivity index (χ1n) is 10.2. The average molecular weight is 464 g/mol. The van der Waals surface area contributed by atoms with Gasteiger partial charge in [0.25, 0.3) is 5.91 Å². The van der Waals surface area contributed by atoms with Gasteiger partial charge in [0.2, 0.25) is 0 Å². The molecule has 1 N–H and O–H groups in total. The van der Waals surface area contributed by atoms with Crippen molar-refractivity contribution in [2.75, 3.05) is 13.2 Å². The monoisotopic (exact) mass is 464 g/mol. The number of rotatable bonds is 4. The molecule has 0 saturated heterocycles. The summed E-state index contributed by atoms with van der Waals surface area (Å²) >= 11 is 0. The Labute approximate surface area is 187 Å². The molecule has 0 fully saturated rings. The van der Waals surface area contributed by atoms with Crippen LogP contribution in [-0.2, 0) is 22.6 Å². The Hall–Kier alpha value is -3.47. The van der Waals surface area contributed by atoms with Gasteiger partial charge in [0.1, 0.15) is 0 Å². The number of aromatic nitrogens is 3. The van der Waals surface area contributed by atoms with Crippen LogP contribution in [0.15, 0.2) is 49.1 Å². The molecule has 0 radical (unpaired) electrons. The lowest BCUT2D eigenvalue weighted by molar-refractivity contribution is -0.192. The van der Waals surface area contributed by atoms with Gasteiger partial charge in [0, 0.05) is 30.9 Å². The van der Waals surface area contributed by atoms with Gasteiger partial charge in [-0.1, -0.05) is 18.2 Å². The zero-order valence-corrected chi connectivity index (χ0v) is 17.8.